The molecule has 1 aromatic heterocycles. The van der Waals surface area contributed by atoms with Gasteiger partial charge in [-0.3, -0.25) is 4.79 Å². The smallest absolute Gasteiger partial charge is 0.226 e. The molecule has 6 heteroatoms. The van der Waals surface area contributed by atoms with Gasteiger partial charge in [-0.15, -0.1) is 11.3 Å². The average Bonchev–Trinajstić information content (AvgIpc) is 3.22. The van der Waals surface area contributed by atoms with E-state index in [2.05, 4.69) is 15.6 Å². The number of fused-ring (bicyclic) bond motifs is 2. The first-order chi connectivity index (χ1) is 12.7. The van der Waals surface area contributed by atoms with Gasteiger partial charge in [-0.25, -0.2) is 4.98 Å². The van der Waals surface area contributed by atoms with Crippen LogP contribution in [0.3, 0.4) is 0 Å². The van der Waals surface area contributed by atoms with Crippen molar-refractivity contribution in [2.24, 2.45) is 0 Å². The minimum absolute atomic E-state index is 0.0832. The minimum atomic E-state index is 0.0832. The van der Waals surface area contributed by atoms with Crippen molar-refractivity contribution < 1.29 is 9.53 Å². The highest BCUT2D eigenvalue weighted by molar-refractivity contribution is 7.13. The fourth-order valence-electron chi connectivity index (χ4n) is 4.00. The number of rotatable bonds is 6. The summed E-state index contributed by atoms with van der Waals surface area (Å²) < 4.78 is 5.47. The van der Waals surface area contributed by atoms with E-state index in [1.54, 1.807) is 11.3 Å². The van der Waals surface area contributed by atoms with Gasteiger partial charge in [0.25, 0.3) is 0 Å². The van der Waals surface area contributed by atoms with E-state index in [1.165, 1.54) is 12.8 Å². The van der Waals surface area contributed by atoms with Crippen LogP contribution in [0, 0.1) is 0 Å². The topological polar surface area (TPSA) is 63.2 Å². The lowest BCUT2D eigenvalue weighted by Gasteiger charge is -2.29. The first-order valence-electron chi connectivity index (χ1n) is 9.42. The average molecular weight is 372 g/mol. The summed E-state index contributed by atoms with van der Waals surface area (Å²) in [6, 6.07) is 9.42. The highest BCUT2D eigenvalue weighted by Crippen LogP contribution is 2.28. The summed E-state index contributed by atoms with van der Waals surface area (Å²) in [5.41, 5.74) is 1.90. The maximum Gasteiger partial charge on any atom is 0.226 e. The van der Waals surface area contributed by atoms with Gasteiger partial charge in [0.2, 0.25) is 5.91 Å². The zero-order valence-corrected chi connectivity index (χ0v) is 15.8. The Hall–Kier alpha value is -1.92. The molecule has 1 aromatic carbocycles. The Kier molecular flexibility index (Phi) is 5.22. The van der Waals surface area contributed by atoms with Crippen molar-refractivity contribution in [2.45, 2.75) is 57.2 Å². The maximum absolute atomic E-state index is 12.4. The van der Waals surface area contributed by atoms with Crippen LogP contribution in [0.4, 0.5) is 0 Å². The van der Waals surface area contributed by atoms with Crippen LogP contribution >= 0.6 is 11.3 Å². The van der Waals surface area contributed by atoms with Gasteiger partial charge in [0, 0.05) is 29.1 Å². The lowest BCUT2D eigenvalue weighted by atomic mass is 9.99. The van der Waals surface area contributed by atoms with Gasteiger partial charge >= 0.3 is 0 Å². The molecule has 2 saturated heterocycles. The lowest BCUT2D eigenvalue weighted by molar-refractivity contribution is -0.121. The molecule has 2 aliphatic heterocycles. The summed E-state index contributed by atoms with van der Waals surface area (Å²) in [4.78, 5) is 17.0. The van der Waals surface area contributed by atoms with Crippen LogP contribution in [0.15, 0.2) is 29.6 Å². The summed E-state index contributed by atoms with van der Waals surface area (Å²) in [5, 5.41) is 9.74. The van der Waals surface area contributed by atoms with Gasteiger partial charge in [-0.05, 0) is 56.9 Å². The van der Waals surface area contributed by atoms with Crippen molar-refractivity contribution in [3.8, 4) is 16.3 Å². The number of nitrogens with zero attached hydrogens (tertiary/aromatic N) is 1. The Morgan fingerprint density at radius 2 is 2.00 bits per heavy atom. The Morgan fingerprint density at radius 1 is 1.27 bits per heavy atom. The molecule has 1 amide bonds. The number of benzene rings is 1. The molecule has 0 aliphatic carbocycles. The zero-order chi connectivity index (χ0) is 17.9. The fraction of sp³-hybridized carbons (Fsp3) is 0.500. The lowest BCUT2D eigenvalue weighted by Crippen LogP contribution is -2.48. The number of carbonyl (C=O) groups is 1. The molecule has 2 aromatic rings. The van der Waals surface area contributed by atoms with Gasteiger partial charge in [-0.2, -0.15) is 0 Å². The molecule has 2 unspecified atom stereocenters. The molecule has 5 nitrogen and oxygen atoms in total. The second kappa shape index (κ2) is 7.76. The number of piperidine rings is 1. The summed E-state index contributed by atoms with van der Waals surface area (Å²) in [7, 11) is 0. The van der Waals surface area contributed by atoms with Crippen LogP contribution in [0.25, 0.3) is 10.6 Å². The number of nitrogens with one attached hydrogen (secondary N) is 2. The van der Waals surface area contributed by atoms with Crippen LogP contribution in [0.2, 0.25) is 0 Å². The van der Waals surface area contributed by atoms with E-state index < -0.39 is 0 Å². The monoisotopic (exact) mass is 371 g/mol. The van der Waals surface area contributed by atoms with E-state index in [9.17, 15) is 4.79 Å². The molecule has 138 valence electrons. The SMILES string of the molecule is CCOc1ccc(-c2nc(CC(=O)NC3CC4CCC(C3)N4)cs2)cc1. The highest BCUT2D eigenvalue weighted by Gasteiger charge is 2.33. The largest absolute Gasteiger partial charge is 0.494 e. The normalized spacial score (nSPS) is 24.4. The Balaban J connectivity index is 1.33. The standard InChI is InChI=1S/C20H25N3O2S/c1-2-25-18-7-3-13(4-8-18)20-23-17(12-26-20)11-19(24)22-16-9-14-5-6-15(10-16)21-14/h3-4,7-8,12,14-16,21H,2,5-6,9-11H2,1H3,(H,22,24). The molecule has 2 fully saturated rings. The van der Waals surface area contributed by atoms with Gasteiger partial charge in [-0.1, -0.05) is 0 Å². The molecule has 0 radical (unpaired) electrons. The Bertz CT molecular complexity index is 747. The van der Waals surface area contributed by atoms with Crippen molar-refractivity contribution in [3.05, 3.63) is 35.3 Å². The van der Waals surface area contributed by atoms with E-state index in [4.69, 9.17) is 4.74 Å². The van der Waals surface area contributed by atoms with Crippen LogP contribution in [0.5, 0.6) is 5.75 Å². The number of thiazole rings is 1. The van der Waals surface area contributed by atoms with Gasteiger partial charge in [0.1, 0.15) is 10.8 Å². The quantitative estimate of drug-likeness (QED) is 0.819. The summed E-state index contributed by atoms with van der Waals surface area (Å²) in [6.45, 7) is 2.63. The van der Waals surface area contributed by atoms with Crippen molar-refractivity contribution in [2.75, 3.05) is 6.61 Å². The third kappa shape index (κ3) is 4.07. The van der Waals surface area contributed by atoms with E-state index >= 15 is 0 Å². The van der Waals surface area contributed by atoms with Gasteiger partial charge in [0.15, 0.2) is 0 Å². The highest BCUT2D eigenvalue weighted by atomic mass is 32.1. The molecule has 2 N–H and O–H groups in total. The Morgan fingerprint density at radius 3 is 2.69 bits per heavy atom. The Labute approximate surface area is 158 Å². The zero-order valence-electron chi connectivity index (χ0n) is 15.0. The first kappa shape index (κ1) is 17.5. The second-order valence-corrected chi connectivity index (χ2v) is 8.01. The van der Waals surface area contributed by atoms with Crippen molar-refractivity contribution >= 4 is 17.2 Å². The van der Waals surface area contributed by atoms with Crippen molar-refractivity contribution in [3.63, 3.8) is 0 Å². The summed E-state index contributed by atoms with van der Waals surface area (Å²) in [5.74, 6) is 0.947. The minimum Gasteiger partial charge on any atom is -0.494 e. The second-order valence-electron chi connectivity index (χ2n) is 7.15. The van der Waals surface area contributed by atoms with Crippen LogP contribution in [-0.4, -0.2) is 35.6 Å². The predicted octanol–water partition coefficient (Wildman–Crippen LogP) is 3.15. The molecule has 4 rings (SSSR count). The van der Waals surface area contributed by atoms with Crippen molar-refractivity contribution in [1.82, 2.24) is 15.6 Å². The molecule has 0 saturated carbocycles. The number of hydrogen-bond donors (Lipinski definition) is 2. The van der Waals surface area contributed by atoms with Gasteiger partial charge in [0.05, 0.1) is 18.7 Å². The number of carbonyl (C=O) groups excluding carboxylic acids is 1. The molecule has 26 heavy (non-hydrogen) atoms. The number of aromatic nitrogens is 1. The van der Waals surface area contributed by atoms with Gasteiger partial charge < -0.3 is 15.4 Å². The van der Waals surface area contributed by atoms with Crippen LogP contribution in [-0.2, 0) is 11.2 Å². The number of hydrogen-bond acceptors (Lipinski definition) is 5. The third-order valence-corrected chi connectivity index (χ3v) is 6.08. The number of ether oxygens (including phenoxy) is 1. The summed E-state index contributed by atoms with van der Waals surface area (Å²) >= 11 is 1.58. The summed E-state index contributed by atoms with van der Waals surface area (Å²) in [6.07, 6.45) is 4.95. The first-order valence-corrected chi connectivity index (χ1v) is 10.3. The number of amides is 1. The molecule has 3 heterocycles. The third-order valence-electron chi connectivity index (χ3n) is 5.14. The maximum atomic E-state index is 12.4. The predicted molar refractivity (Wildman–Crippen MR) is 104 cm³/mol. The van der Waals surface area contributed by atoms with E-state index in [-0.39, 0.29) is 5.91 Å². The molecule has 2 aliphatic rings. The molecule has 0 spiro atoms. The fourth-order valence-corrected chi connectivity index (χ4v) is 4.83. The molecule has 2 atom stereocenters. The molecular weight excluding hydrogens is 346 g/mol. The van der Waals surface area contributed by atoms with Crippen molar-refractivity contribution in [1.29, 1.82) is 0 Å². The van der Waals surface area contributed by atoms with E-state index in [0.29, 0.717) is 31.2 Å². The molecular formula is C20H25N3O2S. The van der Waals surface area contributed by atoms with Crippen LogP contribution in [0.1, 0.15) is 38.3 Å². The van der Waals surface area contributed by atoms with E-state index in [0.717, 1.165) is 34.9 Å². The van der Waals surface area contributed by atoms with E-state index in [1.807, 2.05) is 36.6 Å². The van der Waals surface area contributed by atoms with Crippen LogP contribution < -0.4 is 15.4 Å². The molecule has 2 bridgehead atoms.